The highest BCUT2D eigenvalue weighted by Gasteiger charge is 2.21. The van der Waals surface area contributed by atoms with E-state index < -0.39 is 0 Å². The van der Waals surface area contributed by atoms with E-state index in [1.165, 1.54) is 0 Å². The smallest absolute Gasteiger partial charge is 0.392 e. The lowest BCUT2D eigenvalue weighted by Crippen LogP contribution is -1.94. The van der Waals surface area contributed by atoms with Gasteiger partial charge in [0, 0.05) is 14.7 Å². The Morgan fingerprint density at radius 2 is 1.69 bits per heavy atom. The summed E-state index contributed by atoms with van der Waals surface area (Å²) in [7, 11) is 0. The molecule has 1 aromatic rings. The summed E-state index contributed by atoms with van der Waals surface area (Å²) >= 11 is 9.52. The highest BCUT2D eigenvalue weighted by molar-refractivity contribution is 9.13. The van der Waals surface area contributed by atoms with Crippen molar-refractivity contribution in [2.24, 2.45) is 0 Å². The van der Waals surface area contributed by atoms with Crippen LogP contribution in [0.25, 0.3) is 4.98 Å². The molecule has 1 rings (SSSR count). The van der Waals surface area contributed by atoms with Gasteiger partial charge in [0.05, 0.1) is 0 Å². The second-order valence-corrected chi connectivity index (χ2v) is 4.72. The number of hydrogen-bond acceptors (Lipinski definition) is 2. The Bertz CT molecular complexity index is 382. The molecular weight excluding hydrogens is 368 g/mol. The minimum atomic E-state index is -0.355. The van der Waals surface area contributed by atoms with Crippen LogP contribution in [-0.2, 0) is 0 Å². The molecule has 13 heavy (non-hydrogen) atoms. The molecule has 3 nitrogen and oxygen atoms in total. The lowest BCUT2D eigenvalue weighted by Gasteiger charge is -2.10. The first-order valence-electron chi connectivity index (χ1n) is 3.19. The summed E-state index contributed by atoms with van der Waals surface area (Å²) in [5.41, 5.74) is 0.812. The van der Waals surface area contributed by atoms with E-state index >= 15 is 0 Å². The van der Waals surface area contributed by atoms with Gasteiger partial charge in [-0.05, 0) is 60.3 Å². The van der Waals surface area contributed by atoms with Gasteiger partial charge in [0.15, 0.2) is 4.98 Å². The Labute approximate surface area is 100 Å². The molecule has 0 bridgehead atoms. The summed E-state index contributed by atoms with van der Waals surface area (Å²) in [6, 6.07) is 0. The van der Waals surface area contributed by atoms with Crippen molar-refractivity contribution < 1.29 is 5.11 Å². The van der Waals surface area contributed by atoms with E-state index in [9.17, 15) is 5.11 Å². The van der Waals surface area contributed by atoms with Crippen molar-refractivity contribution >= 4 is 53.5 Å². The largest absolute Gasteiger partial charge is 0.866 e. The molecule has 0 unspecified atom stereocenters. The highest BCUT2D eigenvalue weighted by Crippen LogP contribution is 2.45. The maximum absolute atomic E-state index is 11.4. The molecule has 0 aliphatic carbocycles. The van der Waals surface area contributed by atoms with Crippen LogP contribution in [0.4, 0.5) is 5.69 Å². The van der Waals surface area contributed by atoms with E-state index in [4.69, 9.17) is 5.39 Å². The van der Waals surface area contributed by atoms with E-state index in [2.05, 4.69) is 52.8 Å². The number of nitrogens with zero attached hydrogens (tertiary/aromatic N) is 2. The van der Waals surface area contributed by atoms with Gasteiger partial charge in [0.1, 0.15) is 4.47 Å². The van der Waals surface area contributed by atoms with Crippen LogP contribution in [0.3, 0.4) is 0 Å². The Balaban J connectivity index is 3.69. The van der Waals surface area contributed by atoms with Gasteiger partial charge in [-0.25, -0.2) is 0 Å². The van der Waals surface area contributed by atoms with Crippen LogP contribution in [0.5, 0.6) is 5.75 Å². The van der Waals surface area contributed by atoms with E-state index in [0.29, 0.717) is 13.4 Å². The summed E-state index contributed by atoms with van der Waals surface area (Å²) in [5, 5.41) is 20.0. The van der Waals surface area contributed by atoms with Gasteiger partial charge < -0.3 is 5.11 Å². The molecular formula is C7H3Br3N2O. The van der Waals surface area contributed by atoms with E-state index in [-0.39, 0.29) is 11.4 Å². The van der Waals surface area contributed by atoms with E-state index in [1.807, 2.05) is 0 Å². The topological polar surface area (TPSA) is 51.2 Å². The van der Waals surface area contributed by atoms with Crippen LogP contribution < -0.4 is 5.11 Å². The molecule has 0 amide bonds. The average molecular weight is 371 g/mol. The van der Waals surface area contributed by atoms with Crippen LogP contribution >= 0.6 is 47.8 Å². The van der Waals surface area contributed by atoms with E-state index in [1.54, 1.807) is 6.92 Å². The zero-order chi connectivity index (χ0) is 10.2. The molecule has 0 atom stereocenters. The van der Waals surface area contributed by atoms with Gasteiger partial charge >= 0.3 is 5.69 Å². The van der Waals surface area contributed by atoms with Crippen molar-refractivity contribution in [2.75, 3.05) is 0 Å². The summed E-state index contributed by atoms with van der Waals surface area (Å²) in [5.74, 6) is -0.355. The maximum Gasteiger partial charge on any atom is 0.392 e. The van der Waals surface area contributed by atoms with Crippen molar-refractivity contribution in [1.82, 2.24) is 0 Å². The molecule has 0 radical (unpaired) electrons. The third kappa shape index (κ3) is 1.73. The average Bonchev–Trinajstić information content (AvgIpc) is 2.13. The molecule has 0 fully saturated rings. The first kappa shape index (κ1) is 11.0. The van der Waals surface area contributed by atoms with Gasteiger partial charge in [-0.3, -0.25) is 0 Å². The molecule has 1 aromatic carbocycles. The van der Waals surface area contributed by atoms with Crippen molar-refractivity contribution in [3.8, 4) is 5.75 Å². The van der Waals surface area contributed by atoms with Crippen LogP contribution in [0, 0.1) is 12.3 Å². The summed E-state index contributed by atoms with van der Waals surface area (Å²) < 4.78 is 1.52. The lowest BCUT2D eigenvalue weighted by atomic mass is 10.2. The van der Waals surface area contributed by atoms with Crippen LogP contribution in [0.15, 0.2) is 13.4 Å². The zero-order valence-electron chi connectivity index (χ0n) is 6.44. The standard InChI is InChI=1S/C7H3Br3N2O/c1-2-3(8)5(10)7(13)6(12-11)4(2)9/h1H3. The van der Waals surface area contributed by atoms with Crippen LogP contribution in [0.1, 0.15) is 5.56 Å². The summed E-state index contributed by atoms with van der Waals surface area (Å²) in [6.07, 6.45) is 0. The third-order valence-electron chi connectivity index (χ3n) is 1.57. The van der Waals surface area contributed by atoms with Gasteiger partial charge in [-0.1, -0.05) is 0 Å². The van der Waals surface area contributed by atoms with Crippen LogP contribution in [0.2, 0.25) is 0 Å². The summed E-state index contributed by atoms with van der Waals surface area (Å²) in [4.78, 5) is 2.92. The Morgan fingerprint density at radius 1 is 1.15 bits per heavy atom. The fourth-order valence-electron chi connectivity index (χ4n) is 0.831. The van der Waals surface area contributed by atoms with Crippen LogP contribution in [-0.4, -0.2) is 0 Å². The van der Waals surface area contributed by atoms with Crippen molar-refractivity contribution in [1.29, 1.82) is 5.39 Å². The molecule has 6 heteroatoms. The second kappa shape index (κ2) is 3.95. The molecule has 0 N–H and O–H groups in total. The second-order valence-electron chi connectivity index (χ2n) is 2.34. The predicted octanol–water partition coefficient (Wildman–Crippen LogP) is 3.84. The first-order valence-corrected chi connectivity index (χ1v) is 5.57. The quantitative estimate of drug-likeness (QED) is 0.514. The van der Waals surface area contributed by atoms with E-state index in [0.717, 1.165) is 5.56 Å². The molecule has 0 heterocycles. The molecule has 0 aliphatic heterocycles. The minimum absolute atomic E-state index is 0.00701. The lowest BCUT2D eigenvalue weighted by molar-refractivity contribution is -0.268. The molecule has 68 valence electrons. The first-order chi connectivity index (χ1) is 6.00. The minimum Gasteiger partial charge on any atom is -0.866 e. The van der Waals surface area contributed by atoms with Gasteiger partial charge in [0.2, 0.25) is 5.39 Å². The Hall–Kier alpha value is -0.120. The number of rotatable bonds is 0. The number of diazo groups is 1. The fourth-order valence-corrected chi connectivity index (χ4v) is 2.42. The highest BCUT2D eigenvalue weighted by atomic mass is 79.9. The van der Waals surface area contributed by atoms with Gasteiger partial charge in [0.25, 0.3) is 0 Å². The zero-order valence-corrected chi connectivity index (χ0v) is 11.2. The molecule has 0 spiro atoms. The number of hydrogen-bond donors (Lipinski definition) is 0. The molecule has 0 saturated carbocycles. The fraction of sp³-hybridized carbons (Fsp3) is 0.143. The molecule has 0 saturated heterocycles. The maximum atomic E-state index is 11.4. The third-order valence-corrected chi connectivity index (χ3v) is 4.82. The number of halogens is 3. The number of benzene rings is 1. The molecule has 0 aromatic heterocycles. The SMILES string of the molecule is Cc1c(Br)c(Br)c([O-])c([N+]#N)c1Br. The Morgan fingerprint density at radius 3 is 2.15 bits per heavy atom. The summed E-state index contributed by atoms with van der Waals surface area (Å²) in [6.45, 7) is 1.80. The molecule has 0 aliphatic rings. The monoisotopic (exact) mass is 368 g/mol. The van der Waals surface area contributed by atoms with Crippen molar-refractivity contribution in [3.05, 3.63) is 24.0 Å². The van der Waals surface area contributed by atoms with Crippen molar-refractivity contribution in [3.63, 3.8) is 0 Å². The van der Waals surface area contributed by atoms with Gasteiger partial charge in [-0.2, -0.15) is 0 Å². The van der Waals surface area contributed by atoms with Crippen molar-refractivity contribution in [2.45, 2.75) is 6.92 Å². The normalized spacial score (nSPS) is 9.77. The Kier molecular flexibility index (Phi) is 3.33. The van der Waals surface area contributed by atoms with Gasteiger partial charge in [-0.15, -0.1) is 0 Å². The predicted molar refractivity (Wildman–Crippen MR) is 58.5 cm³/mol.